The van der Waals surface area contributed by atoms with Gasteiger partial charge in [-0.15, -0.1) is 0 Å². The number of rotatable bonds is 6. The Labute approximate surface area is 132 Å². The van der Waals surface area contributed by atoms with E-state index in [0.29, 0.717) is 6.04 Å². The van der Waals surface area contributed by atoms with E-state index in [9.17, 15) is 0 Å². The molecule has 1 heterocycles. The molecule has 4 nitrogen and oxygen atoms in total. The molecule has 0 atom stereocenters. The first-order valence-electron chi connectivity index (χ1n) is 7.70. The van der Waals surface area contributed by atoms with Crippen molar-refractivity contribution in [3.8, 4) is 0 Å². The van der Waals surface area contributed by atoms with E-state index in [4.69, 9.17) is 16.7 Å². The lowest BCUT2D eigenvalue weighted by Gasteiger charge is -2.36. The van der Waals surface area contributed by atoms with Crippen molar-refractivity contribution in [1.82, 2.24) is 10.2 Å². The zero-order valence-corrected chi connectivity index (χ0v) is 13.7. The normalized spacial score (nSPS) is 16.7. The molecule has 0 saturated carbocycles. The average molecular weight is 312 g/mol. The van der Waals surface area contributed by atoms with Gasteiger partial charge in [0.2, 0.25) is 0 Å². The number of piperazine rings is 1. The Morgan fingerprint density at radius 1 is 1.24 bits per heavy atom. The molecule has 0 aliphatic carbocycles. The molecule has 0 radical (unpaired) electrons. The molecule has 1 aliphatic heterocycles. The van der Waals surface area contributed by atoms with Crippen molar-refractivity contribution >= 4 is 17.3 Å². The van der Waals surface area contributed by atoms with Crippen molar-refractivity contribution in [3.63, 3.8) is 0 Å². The molecule has 21 heavy (non-hydrogen) atoms. The minimum Gasteiger partial charge on any atom is -0.395 e. The van der Waals surface area contributed by atoms with Crippen molar-refractivity contribution in [2.75, 3.05) is 44.2 Å². The maximum Gasteiger partial charge on any atom is 0.0642 e. The predicted octanol–water partition coefficient (Wildman–Crippen LogP) is 1.95. The fraction of sp³-hybridized carbons (Fsp3) is 0.625. The van der Waals surface area contributed by atoms with Gasteiger partial charge in [0.25, 0.3) is 0 Å². The Morgan fingerprint density at radius 3 is 2.52 bits per heavy atom. The van der Waals surface area contributed by atoms with Gasteiger partial charge in [-0.2, -0.15) is 0 Å². The summed E-state index contributed by atoms with van der Waals surface area (Å²) in [4.78, 5) is 4.61. The monoisotopic (exact) mass is 311 g/mol. The number of aliphatic hydroxyl groups excluding tert-OH is 1. The number of nitrogens with one attached hydrogen (secondary N) is 1. The maximum absolute atomic E-state index is 8.98. The van der Waals surface area contributed by atoms with Crippen LogP contribution < -0.4 is 10.2 Å². The number of hydrogen-bond acceptors (Lipinski definition) is 4. The molecule has 5 heteroatoms. The third-order valence-electron chi connectivity index (χ3n) is 3.86. The molecule has 0 amide bonds. The fourth-order valence-electron chi connectivity index (χ4n) is 2.59. The topological polar surface area (TPSA) is 38.7 Å². The largest absolute Gasteiger partial charge is 0.395 e. The van der Waals surface area contributed by atoms with E-state index in [-0.39, 0.29) is 6.61 Å². The molecule has 0 aromatic heterocycles. The summed E-state index contributed by atoms with van der Waals surface area (Å²) in [5.41, 5.74) is 2.34. The second kappa shape index (κ2) is 7.99. The highest BCUT2D eigenvalue weighted by atomic mass is 35.5. The molecule has 2 N–H and O–H groups in total. The van der Waals surface area contributed by atoms with E-state index in [1.807, 2.05) is 0 Å². The third kappa shape index (κ3) is 4.85. The van der Waals surface area contributed by atoms with Gasteiger partial charge in [0.15, 0.2) is 0 Å². The number of β-amino-alcohol motifs (C(OH)–C–C–N with tert-alkyl or cyclic N) is 1. The minimum absolute atomic E-state index is 0.234. The lowest BCUT2D eigenvalue weighted by atomic mass is 10.1. The summed E-state index contributed by atoms with van der Waals surface area (Å²) >= 11 is 6.45. The highest BCUT2D eigenvalue weighted by Gasteiger charge is 2.18. The first kappa shape index (κ1) is 16.6. The van der Waals surface area contributed by atoms with Gasteiger partial charge in [-0.3, -0.25) is 4.90 Å². The van der Waals surface area contributed by atoms with Gasteiger partial charge >= 0.3 is 0 Å². The number of benzene rings is 1. The van der Waals surface area contributed by atoms with Gasteiger partial charge in [-0.05, 0) is 17.7 Å². The van der Waals surface area contributed by atoms with Crippen LogP contribution in [0.25, 0.3) is 0 Å². The van der Waals surface area contributed by atoms with Crippen LogP contribution in [0.4, 0.5) is 5.69 Å². The minimum atomic E-state index is 0.234. The molecule has 1 aromatic rings. The molecule has 118 valence electrons. The number of aliphatic hydroxyl groups is 1. The van der Waals surface area contributed by atoms with E-state index in [2.05, 4.69) is 47.2 Å². The van der Waals surface area contributed by atoms with Crippen LogP contribution in [0.3, 0.4) is 0 Å². The SMILES string of the molecule is CC(C)NCc1ccc(N2CCN(CCO)CC2)c(Cl)c1. The second-order valence-electron chi connectivity index (χ2n) is 5.87. The smallest absolute Gasteiger partial charge is 0.0642 e. The molecular weight excluding hydrogens is 286 g/mol. The zero-order valence-electron chi connectivity index (χ0n) is 13.0. The highest BCUT2D eigenvalue weighted by molar-refractivity contribution is 6.33. The van der Waals surface area contributed by atoms with Crippen LogP contribution in [0.5, 0.6) is 0 Å². The Hall–Kier alpha value is -0.810. The quantitative estimate of drug-likeness (QED) is 0.842. The van der Waals surface area contributed by atoms with Crippen LogP contribution in [0, 0.1) is 0 Å². The Morgan fingerprint density at radius 2 is 1.95 bits per heavy atom. The number of nitrogens with zero attached hydrogens (tertiary/aromatic N) is 2. The van der Waals surface area contributed by atoms with Gasteiger partial charge in [-0.1, -0.05) is 31.5 Å². The van der Waals surface area contributed by atoms with Gasteiger partial charge in [0.1, 0.15) is 0 Å². The summed E-state index contributed by atoms with van der Waals surface area (Å²) in [5, 5.41) is 13.2. The molecule has 1 fully saturated rings. The standard InChI is InChI=1S/C16H26ClN3O/c1-13(2)18-12-14-3-4-16(15(17)11-14)20-7-5-19(6-8-20)9-10-21/h3-4,11,13,18,21H,5-10,12H2,1-2H3. The van der Waals surface area contributed by atoms with E-state index in [1.165, 1.54) is 5.56 Å². The number of halogens is 1. The average Bonchev–Trinajstić information content (AvgIpc) is 2.47. The lowest BCUT2D eigenvalue weighted by Crippen LogP contribution is -2.47. The van der Waals surface area contributed by atoms with Crippen molar-refractivity contribution in [1.29, 1.82) is 0 Å². The number of anilines is 1. The molecule has 0 bridgehead atoms. The zero-order chi connectivity index (χ0) is 15.2. The van der Waals surface area contributed by atoms with Gasteiger partial charge in [0, 0.05) is 45.3 Å². The fourth-order valence-corrected chi connectivity index (χ4v) is 2.92. The summed E-state index contributed by atoms with van der Waals surface area (Å²) in [6.07, 6.45) is 0. The first-order valence-corrected chi connectivity index (χ1v) is 8.08. The van der Waals surface area contributed by atoms with Crippen molar-refractivity contribution in [2.24, 2.45) is 0 Å². The van der Waals surface area contributed by atoms with Crippen molar-refractivity contribution in [2.45, 2.75) is 26.4 Å². The molecule has 0 unspecified atom stereocenters. The Balaban J connectivity index is 1.95. The maximum atomic E-state index is 8.98. The summed E-state index contributed by atoms with van der Waals surface area (Å²) in [6.45, 7) is 10.0. The Bertz CT molecular complexity index is 445. The van der Waals surface area contributed by atoms with Crippen LogP contribution in [-0.4, -0.2) is 55.4 Å². The third-order valence-corrected chi connectivity index (χ3v) is 4.16. The van der Waals surface area contributed by atoms with Crippen LogP contribution in [-0.2, 0) is 6.54 Å². The molecule has 1 saturated heterocycles. The van der Waals surface area contributed by atoms with Gasteiger partial charge in [-0.25, -0.2) is 0 Å². The van der Waals surface area contributed by atoms with Crippen LogP contribution in [0.2, 0.25) is 5.02 Å². The first-order chi connectivity index (χ1) is 10.1. The Kier molecular flexibility index (Phi) is 6.30. The highest BCUT2D eigenvalue weighted by Crippen LogP contribution is 2.27. The van der Waals surface area contributed by atoms with E-state index < -0.39 is 0 Å². The van der Waals surface area contributed by atoms with E-state index in [0.717, 1.165) is 50.0 Å². The molecular formula is C16H26ClN3O. The molecule has 2 rings (SSSR count). The molecule has 1 aliphatic rings. The summed E-state index contributed by atoms with van der Waals surface area (Å²) in [6, 6.07) is 6.81. The second-order valence-corrected chi connectivity index (χ2v) is 6.28. The summed E-state index contributed by atoms with van der Waals surface area (Å²) in [7, 11) is 0. The van der Waals surface area contributed by atoms with Gasteiger partial charge in [0.05, 0.1) is 17.3 Å². The van der Waals surface area contributed by atoms with E-state index >= 15 is 0 Å². The van der Waals surface area contributed by atoms with Gasteiger partial charge < -0.3 is 15.3 Å². The lowest BCUT2D eigenvalue weighted by molar-refractivity contribution is 0.189. The van der Waals surface area contributed by atoms with Crippen LogP contribution in [0.15, 0.2) is 18.2 Å². The van der Waals surface area contributed by atoms with E-state index in [1.54, 1.807) is 0 Å². The van der Waals surface area contributed by atoms with Crippen molar-refractivity contribution < 1.29 is 5.11 Å². The molecule has 1 aromatic carbocycles. The summed E-state index contributed by atoms with van der Waals surface area (Å²) in [5.74, 6) is 0. The predicted molar refractivity (Wildman–Crippen MR) is 89.2 cm³/mol. The summed E-state index contributed by atoms with van der Waals surface area (Å²) < 4.78 is 0. The number of hydrogen-bond donors (Lipinski definition) is 2. The van der Waals surface area contributed by atoms with Crippen LogP contribution in [0.1, 0.15) is 19.4 Å². The molecule has 0 spiro atoms. The van der Waals surface area contributed by atoms with Crippen LogP contribution >= 0.6 is 11.6 Å². The van der Waals surface area contributed by atoms with Crippen molar-refractivity contribution in [3.05, 3.63) is 28.8 Å².